The van der Waals surface area contributed by atoms with Crippen LogP contribution in [0.25, 0.3) is 11.4 Å². The first-order chi connectivity index (χ1) is 15.0. The molecule has 0 aliphatic heterocycles. The van der Waals surface area contributed by atoms with E-state index in [1.807, 2.05) is 41.3 Å². The van der Waals surface area contributed by atoms with Crippen molar-refractivity contribution >= 4 is 34.0 Å². The van der Waals surface area contributed by atoms with Gasteiger partial charge in [-0.15, -0.1) is 21.5 Å². The molecular formula is C22H26N6O2S. The fourth-order valence-corrected chi connectivity index (χ4v) is 4.90. The summed E-state index contributed by atoms with van der Waals surface area (Å²) in [5.41, 5.74) is 1.18. The van der Waals surface area contributed by atoms with Crippen molar-refractivity contribution in [3.63, 3.8) is 0 Å². The Bertz CT molecular complexity index is 1040. The number of hydrogen-bond donors (Lipinski definition) is 2. The molecule has 31 heavy (non-hydrogen) atoms. The molecule has 1 saturated carbocycles. The van der Waals surface area contributed by atoms with Crippen LogP contribution >= 0.6 is 11.3 Å². The van der Waals surface area contributed by atoms with Crippen LogP contribution in [0.15, 0.2) is 42.2 Å². The third kappa shape index (κ3) is 5.16. The van der Waals surface area contributed by atoms with E-state index in [1.165, 1.54) is 11.3 Å². The molecule has 0 atom stereocenters. The van der Waals surface area contributed by atoms with Gasteiger partial charge >= 0.3 is 0 Å². The summed E-state index contributed by atoms with van der Waals surface area (Å²) in [7, 11) is 1.87. The number of benzene rings is 1. The van der Waals surface area contributed by atoms with Crippen molar-refractivity contribution in [3.8, 4) is 11.4 Å². The fourth-order valence-electron chi connectivity index (χ4n) is 4.36. The van der Waals surface area contributed by atoms with Crippen LogP contribution in [-0.2, 0) is 16.6 Å². The minimum absolute atomic E-state index is 0.0795. The van der Waals surface area contributed by atoms with Gasteiger partial charge in [-0.2, -0.15) is 0 Å². The van der Waals surface area contributed by atoms with E-state index in [1.54, 1.807) is 12.5 Å². The van der Waals surface area contributed by atoms with Gasteiger partial charge in [-0.3, -0.25) is 9.59 Å². The predicted molar refractivity (Wildman–Crippen MR) is 121 cm³/mol. The summed E-state index contributed by atoms with van der Waals surface area (Å²) in [6, 6.07) is 7.57. The van der Waals surface area contributed by atoms with Crippen LogP contribution < -0.4 is 10.6 Å². The summed E-state index contributed by atoms with van der Waals surface area (Å²) < 4.78 is 1.82. The Morgan fingerprint density at radius 3 is 2.52 bits per heavy atom. The zero-order chi connectivity index (χ0) is 21.7. The number of nitrogens with one attached hydrogen (secondary N) is 2. The molecule has 0 radical (unpaired) electrons. The molecule has 1 aromatic carbocycles. The Morgan fingerprint density at radius 1 is 1.10 bits per heavy atom. The molecular weight excluding hydrogens is 412 g/mol. The number of amides is 2. The molecule has 1 aliphatic carbocycles. The van der Waals surface area contributed by atoms with Crippen LogP contribution in [0.1, 0.15) is 44.9 Å². The summed E-state index contributed by atoms with van der Waals surface area (Å²) in [5, 5.41) is 16.4. The Morgan fingerprint density at radius 2 is 1.84 bits per heavy atom. The molecule has 3 aromatic rings. The Kier molecular flexibility index (Phi) is 6.41. The molecule has 1 aliphatic rings. The van der Waals surface area contributed by atoms with Crippen molar-refractivity contribution in [1.29, 1.82) is 0 Å². The SMILES string of the molecule is Cn1cnnc1-c1ccccc1NC(=O)CC1(CC(=O)Nc2nccs2)CCCCC1. The number of rotatable bonds is 7. The lowest BCUT2D eigenvalue weighted by Gasteiger charge is -2.36. The highest BCUT2D eigenvalue weighted by molar-refractivity contribution is 7.13. The maximum Gasteiger partial charge on any atom is 0.226 e. The first-order valence-corrected chi connectivity index (χ1v) is 11.4. The highest BCUT2D eigenvalue weighted by Crippen LogP contribution is 2.43. The molecule has 162 valence electrons. The van der Waals surface area contributed by atoms with E-state index in [9.17, 15) is 9.59 Å². The molecule has 2 heterocycles. The van der Waals surface area contributed by atoms with Crippen LogP contribution in [0.4, 0.5) is 10.8 Å². The summed E-state index contributed by atoms with van der Waals surface area (Å²) in [5.74, 6) is 0.522. The molecule has 2 N–H and O–H groups in total. The second kappa shape index (κ2) is 9.38. The lowest BCUT2D eigenvalue weighted by atomic mass is 9.69. The van der Waals surface area contributed by atoms with Gasteiger partial charge in [0.1, 0.15) is 6.33 Å². The van der Waals surface area contributed by atoms with Crippen molar-refractivity contribution in [3.05, 3.63) is 42.2 Å². The van der Waals surface area contributed by atoms with Gasteiger partial charge in [0.05, 0.1) is 5.69 Å². The summed E-state index contributed by atoms with van der Waals surface area (Å²) >= 11 is 1.39. The number of nitrogens with zero attached hydrogens (tertiary/aromatic N) is 4. The summed E-state index contributed by atoms with van der Waals surface area (Å²) in [6.07, 6.45) is 8.89. The molecule has 0 spiro atoms. The zero-order valence-electron chi connectivity index (χ0n) is 17.5. The van der Waals surface area contributed by atoms with Crippen LogP contribution in [0, 0.1) is 5.41 Å². The molecule has 0 saturated heterocycles. The van der Waals surface area contributed by atoms with E-state index in [4.69, 9.17) is 0 Å². The second-order valence-electron chi connectivity index (χ2n) is 8.16. The lowest BCUT2D eigenvalue weighted by Crippen LogP contribution is -2.34. The summed E-state index contributed by atoms with van der Waals surface area (Å²) in [6.45, 7) is 0. The van der Waals surface area contributed by atoms with Crippen molar-refractivity contribution in [2.45, 2.75) is 44.9 Å². The van der Waals surface area contributed by atoms with Gasteiger partial charge in [0, 0.05) is 37.0 Å². The lowest BCUT2D eigenvalue weighted by molar-refractivity contribution is -0.122. The molecule has 9 heteroatoms. The van der Waals surface area contributed by atoms with Gasteiger partial charge in [-0.25, -0.2) is 4.98 Å². The minimum Gasteiger partial charge on any atom is -0.325 e. The van der Waals surface area contributed by atoms with E-state index in [2.05, 4.69) is 25.8 Å². The number of para-hydroxylation sites is 1. The van der Waals surface area contributed by atoms with Gasteiger partial charge in [-0.05, 0) is 30.4 Å². The maximum atomic E-state index is 13.1. The smallest absolute Gasteiger partial charge is 0.226 e. The van der Waals surface area contributed by atoms with E-state index in [-0.39, 0.29) is 17.2 Å². The molecule has 0 bridgehead atoms. The topological polar surface area (TPSA) is 102 Å². The number of carbonyl (C=O) groups is 2. The molecule has 2 amide bonds. The average molecular weight is 439 g/mol. The van der Waals surface area contributed by atoms with E-state index < -0.39 is 0 Å². The number of anilines is 2. The summed E-state index contributed by atoms with van der Waals surface area (Å²) in [4.78, 5) is 29.9. The number of thiazole rings is 1. The van der Waals surface area contributed by atoms with Crippen LogP contribution in [0.2, 0.25) is 0 Å². The molecule has 4 rings (SSSR count). The number of carbonyl (C=O) groups excluding carboxylic acids is 2. The zero-order valence-corrected chi connectivity index (χ0v) is 18.3. The maximum absolute atomic E-state index is 13.1. The molecule has 8 nitrogen and oxygen atoms in total. The molecule has 2 aromatic heterocycles. The van der Waals surface area contributed by atoms with Gasteiger partial charge in [0.2, 0.25) is 11.8 Å². The van der Waals surface area contributed by atoms with Gasteiger partial charge in [0.15, 0.2) is 11.0 Å². The Labute approximate surface area is 185 Å². The Balaban J connectivity index is 1.47. The van der Waals surface area contributed by atoms with E-state index in [0.29, 0.717) is 29.5 Å². The number of hydrogen-bond acceptors (Lipinski definition) is 6. The normalized spacial score (nSPS) is 15.4. The third-order valence-electron chi connectivity index (χ3n) is 5.82. The minimum atomic E-state index is -0.330. The molecule has 0 unspecified atom stereocenters. The standard InChI is InChI=1S/C22H26N6O2S/c1-28-15-24-27-20(28)16-7-3-4-8-17(16)25-18(29)13-22(9-5-2-6-10-22)14-19(30)26-21-23-11-12-31-21/h3-4,7-8,11-12,15H,2,5-6,9-10,13-14H2,1H3,(H,25,29)(H,23,26,30). The molecule has 1 fully saturated rings. The quantitative estimate of drug-likeness (QED) is 0.574. The largest absolute Gasteiger partial charge is 0.325 e. The number of aryl methyl sites for hydroxylation is 1. The van der Waals surface area contributed by atoms with Gasteiger partial charge in [-0.1, -0.05) is 31.4 Å². The van der Waals surface area contributed by atoms with Crippen molar-refractivity contribution < 1.29 is 9.59 Å². The first kappa shape index (κ1) is 21.2. The van der Waals surface area contributed by atoms with Crippen molar-refractivity contribution in [2.24, 2.45) is 12.5 Å². The second-order valence-corrected chi connectivity index (χ2v) is 9.05. The third-order valence-corrected chi connectivity index (χ3v) is 6.51. The van der Waals surface area contributed by atoms with E-state index in [0.717, 1.165) is 37.7 Å². The van der Waals surface area contributed by atoms with Crippen LogP contribution in [0.3, 0.4) is 0 Å². The van der Waals surface area contributed by atoms with Crippen molar-refractivity contribution in [2.75, 3.05) is 10.6 Å². The highest BCUT2D eigenvalue weighted by atomic mass is 32.1. The monoisotopic (exact) mass is 438 g/mol. The van der Waals surface area contributed by atoms with E-state index >= 15 is 0 Å². The van der Waals surface area contributed by atoms with Gasteiger partial charge in [0.25, 0.3) is 0 Å². The highest BCUT2D eigenvalue weighted by Gasteiger charge is 2.36. The van der Waals surface area contributed by atoms with Crippen molar-refractivity contribution in [1.82, 2.24) is 19.7 Å². The average Bonchev–Trinajstić information content (AvgIpc) is 3.40. The predicted octanol–water partition coefficient (Wildman–Crippen LogP) is 4.25. The fraction of sp³-hybridized carbons (Fsp3) is 0.409. The number of aromatic nitrogens is 4. The Hall–Kier alpha value is -3.07. The van der Waals surface area contributed by atoms with Crippen LogP contribution in [0.5, 0.6) is 0 Å². The first-order valence-electron chi connectivity index (χ1n) is 10.5. The van der Waals surface area contributed by atoms with Crippen LogP contribution in [-0.4, -0.2) is 31.6 Å². The van der Waals surface area contributed by atoms with Gasteiger partial charge < -0.3 is 15.2 Å².